The molecule has 0 amide bonds. The molecule has 0 bridgehead atoms. The van der Waals surface area contributed by atoms with E-state index >= 15 is 0 Å². The van der Waals surface area contributed by atoms with Gasteiger partial charge in [-0.3, -0.25) is 0 Å². The number of furan rings is 1. The first-order chi connectivity index (χ1) is 26.4. The Hall–Kier alpha value is -4.93. The Kier molecular flexibility index (Phi) is 12.0. The first-order valence-electron chi connectivity index (χ1n) is 19.3. The van der Waals surface area contributed by atoms with E-state index in [2.05, 4.69) is 152 Å². The summed E-state index contributed by atoms with van der Waals surface area (Å²) in [6.45, 7) is 7.15. The minimum Gasteiger partial charge on any atom is -0.476 e. The number of rotatable bonds is 8. The molecule has 8 aromatic rings. The summed E-state index contributed by atoms with van der Waals surface area (Å²) < 4.78 is 6.20. The molecule has 0 spiro atoms. The van der Waals surface area contributed by atoms with E-state index < -0.39 is 8.07 Å². The van der Waals surface area contributed by atoms with Gasteiger partial charge in [-0.1, -0.05) is 153 Å². The van der Waals surface area contributed by atoms with Gasteiger partial charge < -0.3 is 14.4 Å². The summed E-state index contributed by atoms with van der Waals surface area (Å²) in [5, 5.41) is 3.67. The number of fused-ring (bicyclic) bond motifs is 3. The molecule has 0 unspecified atom stereocenters. The SMILES string of the molecule is C[Si](C)(C)c1cnc(-c2[c-]cccc2)cc1Cc1ccccc1.[Ir].[c-]1cc2c(cc1-c1cc(CC3CCCC3)ccn1)oc1ccc(-c3ccccc3)cc12. The number of nitrogens with zero attached hydrogens (tertiary/aromatic N) is 2. The van der Waals surface area contributed by atoms with Gasteiger partial charge in [0.15, 0.2) is 0 Å². The molecule has 0 saturated heterocycles. The van der Waals surface area contributed by atoms with E-state index in [4.69, 9.17) is 9.40 Å². The summed E-state index contributed by atoms with van der Waals surface area (Å²) in [6, 6.07) is 53.1. The zero-order valence-corrected chi connectivity index (χ0v) is 35.2. The predicted octanol–water partition coefficient (Wildman–Crippen LogP) is 12.5. The minimum absolute atomic E-state index is 0. The van der Waals surface area contributed by atoms with Crippen LogP contribution in [-0.2, 0) is 32.9 Å². The van der Waals surface area contributed by atoms with E-state index in [0.29, 0.717) is 0 Å². The van der Waals surface area contributed by atoms with Crippen LogP contribution < -0.4 is 5.19 Å². The quantitative estimate of drug-likeness (QED) is 0.113. The molecular formula is C50H46IrN2OSi-2. The Morgan fingerprint density at radius 2 is 1.40 bits per heavy atom. The van der Waals surface area contributed by atoms with Crippen LogP contribution in [0.25, 0.3) is 55.6 Å². The van der Waals surface area contributed by atoms with Crippen LogP contribution in [0, 0.1) is 18.1 Å². The van der Waals surface area contributed by atoms with Crippen molar-refractivity contribution >= 4 is 35.2 Å². The minimum atomic E-state index is -1.43. The van der Waals surface area contributed by atoms with Gasteiger partial charge in [0.25, 0.3) is 0 Å². The van der Waals surface area contributed by atoms with E-state index in [9.17, 15) is 0 Å². The molecule has 3 nitrogen and oxygen atoms in total. The number of hydrogen-bond donors (Lipinski definition) is 0. The smallest absolute Gasteiger partial charge is 0.123 e. The second-order valence-corrected chi connectivity index (χ2v) is 20.7. The summed E-state index contributed by atoms with van der Waals surface area (Å²) in [6.07, 6.45) is 11.6. The van der Waals surface area contributed by atoms with Gasteiger partial charge in [-0.05, 0) is 69.5 Å². The zero-order chi connectivity index (χ0) is 36.9. The monoisotopic (exact) mass is 911 g/mol. The van der Waals surface area contributed by atoms with Crippen LogP contribution in [0.15, 0.2) is 150 Å². The van der Waals surface area contributed by atoms with E-state index in [0.717, 1.165) is 63.2 Å². The van der Waals surface area contributed by atoms with Gasteiger partial charge in [-0.25, -0.2) is 0 Å². The largest absolute Gasteiger partial charge is 0.476 e. The van der Waals surface area contributed by atoms with Crippen molar-refractivity contribution in [3.8, 4) is 33.6 Å². The van der Waals surface area contributed by atoms with Crippen LogP contribution in [0.5, 0.6) is 0 Å². The fourth-order valence-electron chi connectivity index (χ4n) is 7.80. The van der Waals surface area contributed by atoms with Crippen LogP contribution >= 0.6 is 0 Å². The molecule has 0 aliphatic heterocycles. The van der Waals surface area contributed by atoms with Gasteiger partial charge in [0.05, 0.1) is 13.7 Å². The molecule has 55 heavy (non-hydrogen) atoms. The Morgan fingerprint density at radius 1 is 0.655 bits per heavy atom. The third-order valence-electron chi connectivity index (χ3n) is 10.6. The average Bonchev–Trinajstić information content (AvgIpc) is 3.86. The van der Waals surface area contributed by atoms with Gasteiger partial charge in [0, 0.05) is 32.5 Å². The Morgan fingerprint density at radius 3 is 2.15 bits per heavy atom. The van der Waals surface area contributed by atoms with Crippen LogP contribution in [0.4, 0.5) is 0 Å². The summed E-state index contributed by atoms with van der Waals surface area (Å²) >= 11 is 0. The van der Waals surface area contributed by atoms with E-state index in [1.54, 1.807) is 0 Å². The van der Waals surface area contributed by atoms with Crippen molar-refractivity contribution < 1.29 is 24.5 Å². The van der Waals surface area contributed by atoms with Gasteiger partial charge in [0.1, 0.15) is 5.58 Å². The van der Waals surface area contributed by atoms with Crippen molar-refractivity contribution in [3.05, 3.63) is 175 Å². The molecular weight excluding hydrogens is 865 g/mol. The number of pyridine rings is 2. The Bertz CT molecular complexity index is 2480. The molecule has 1 radical (unpaired) electrons. The van der Waals surface area contributed by atoms with Crippen LogP contribution in [0.3, 0.4) is 0 Å². The van der Waals surface area contributed by atoms with Crippen LogP contribution in [0.2, 0.25) is 19.6 Å². The van der Waals surface area contributed by atoms with Crippen molar-refractivity contribution in [1.29, 1.82) is 0 Å². The van der Waals surface area contributed by atoms with Gasteiger partial charge in [-0.2, -0.15) is 0 Å². The first-order valence-corrected chi connectivity index (χ1v) is 22.8. The Balaban J connectivity index is 0.000000174. The maximum Gasteiger partial charge on any atom is 0.123 e. The topological polar surface area (TPSA) is 38.9 Å². The molecule has 277 valence electrons. The normalized spacial score (nSPS) is 13.0. The van der Waals surface area contributed by atoms with Gasteiger partial charge >= 0.3 is 0 Å². The molecule has 5 heteroatoms. The van der Waals surface area contributed by atoms with Crippen LogP contribution in [-0.4, -0.2) is 18.0 Å². The number of hydrogen-bond acceptors (Lipinski definition) is 3. The molecule has 3 heterocycles. The molecule has 1 aliphatic carbocycles. The molecule has 9 rings (SSSR count). The van der Waals surface area contributed by atoms with Crippen molar-refractivity contribution in [2.24, 2.45) is 5.92 Å². The summed E-state index contributed by atoms with van der Waals surface area (Å²) in [5.74, 6) is 0.830. The van der Waals surface area contributed by atoms with E-state index in [1.165, 1.54) is 58.7 Å². The van der Waals surface area contributed by atoms with Crippen molar-refractivity contribution in [3.63, 3.8) is 0 Å². The molecule has 5 aromatic carbocycles. The zero-order valence-electron chi connectivity index (χ0n) is 31.8. The molecule has 3 aromatic heterocycles. The maximum atomic E-state index is 6.20. The summed E-state index contributed by atoms with van der Waals surface area (Å²) in [7, 11) is -1.43. The second-order valence-electron chi connectivity index (χ2n) is 15.6. The molecule has 0 atom stereocenters. The third-order valence-corrected chi connectivity index (χ3v) is 12.7. The van der Waals surface area contributed by atoms with Crippen molar-refractivity contribution in [1.82, 2.24) is 9.97 Å². The average molecular weight is 911 g/mol. The molecule has 1 saturated carbocycles. The predicted molar refractivity (Wildman–Crippen MR) is 228 cm³/mol. The summed E-state index contributed by atoms with van der Waals surface area (Å²) in [4.78, 5) is 9.35. The van der Waals surface area contributed by atoms with Gasteiger partial charge in [-0.15, -0.1) is 53.6 Å². The third kappa shape index (κ3) is 9.14. The first kappa shape index (κ1) is 38.3. The van der Waals surface area contributed by atoms with E-state index in [1.807, 2.05) is 30.5 Å². The molecule has 1 fully saturated rings. The van der Waals surface area contributed by atoms with Crippen LogP contribution in [0.1, 0.15) is 42.4 Å². The van der Waals surface area contributed by atoms with Crippen molar-refractivity contribution in [2.75, 3.05) is 0 Å². The molecule has 1 aliphatic rings. The summed E-state index contributed by atoms with van der Waals surface area (Å²) in [5.41, 5.74) is 12.4. The fraction of sp³-hybridized carbons (Fsp3) is 0.200. The fourth-order valence-corrected chi connectivity index (χ4v) is 9.38. The molecule has 0 N–H and O–H groups in total. The Labute approximate surface area is 340 Å². The van der Waals surface area contributed by atoms with Gasteiger partial charge in [0.2, 0.25) is 0 Å². The second kappa shape index (κ2) is 17.2. The standard InChI is InChI=1S/C29H24NO.C21H22NSi.Ir/c1-2-8-22(9-3-1)23-11-13-28-26(18-23)25-12-10-24(19-29(25)31-28)27-17-21(14-15-30-27)16-20-6-4-5-7-20;1-23(2,3)21-16-22-20(18-12-8-5-9-13-18)15-19(21)14-17-10-6-4-7-11-17;/h1-3,8-9,11-15,17-20H,4-7,16H2;4-12,15-16H,14H2,1-3H3;/q2*-1;. The van der Waals surface area contributed by atoms with E-state index in [-0.39, 0.29) is 20.1 Å². The number of benzene rings is 5. The van der Waals surface area contributed by atoms with Crippen molar-refractivity contribution in [2.45, 2.75) is 58.2 Å². The number of aromatic nitrogens is 2. The maximum absolute atomic E-state index is 6.20.